The van der Waals surface area contributed by atoms with E-state index in [4.69, 9.17) is 10.8 Å². The first kappa shape index (κ1) is 8.43. The summed E-state index contributed by atoms with van der Waals surface area (Å²) in [5, 5.41) is 8.36. The highest BCUT2D eigenvalue weighted by Crippen LogP contribution is 2.04. The first-order chi connectivity index (χ1) is 4.09. The number of rotatable bonds is 3. The van der Waals surface area contributed by atoms with Gasteiger partial charge in [0, 0.05) is 0 Å². The van der Waals surface area contributed by atoms with Crippen LogP contribution >= 0.6 is 0 Å². The van der Waals surface area contributed by atoms with Crippen molar-refractivity contribution in [2.75, 3.05) is 0 Å². The molecule has 2 atom stereocenters. The first-order valence-corrected chi connectivity index (χ1v) is 3.08. The van der Waals surface area contributed by atoms with Crippen molar-refractivity contribution in [3.8, 4) is 0 Å². The summed E-state index contributed by atoms with van der Waals surface area (Å²) < 4.78 is 0. The fourth-order valence-corrected chi connectivity index (χ4v) is 0.497. The van der Waals surface area contributed by atoms with E-state index in [1.165, 1.54) is 0 Å². The maximum atomic E-state index is 10.2. The SMILES string of the molecule is CCC(C)C(N)[13C](=O)O. The van der Waals surface area contributed by atoms with E-state index in [2.05, 4.69) is 0 Å². The van der Waals surface area contributed by atoms with Gasteiger partial charge < -0.3 is 10.8 Å². The van der Waals surface area contributed by atoms with Crippen LogP contribution in [0.4, 0.5) is 0 Å². The van der Waals surface area contributed by atoms with Gasteiger partial charge in [-0.1, -0.05) is 20.3 Å². The van der Waals surface area contributed by atoms with E-state index >= 15 is 0 Å². The van der Waals surface area contributed by atoms with Crippen LogP contribution in [0.5, 0.6) is 0 Å². The molecule has 0 aromatic carbocycles. The molecule has 0 heterocycles. The lowest BCUT2D eigenvalue weighted by atomic mass is 10.1. The maximum Gasteiger partial charge on any atom is 0.320 e. The summed E-state index contributed by atoms with van der Waals surface area (Å²) in [6, 6.07) is -0.699. The molecule has 2 unspecified atom stereocenters. The van der Waals surface area contributed by atoms with Gasteiger partial charge in [0.2, 0.25) is 0 Å². The van der Waals surface area contributed by atoms with Gasteiger partial charge in [0.15, 0.2) is 0 Å². The number of aliphatic carboxylic acids is 1. The van der Waals surface area contributed by atoms with E-state index in [0.717, 1.165) is 6.42 Å². The molecule has 9 heavy (non-hydrogen) atoms. The predicted molar refractivity (Wildman–Crippen MR) is 35.1 cm³/mol. The maximum absolute atomic E-state index is 10.2. The number of hydrogen-bond donors (Lipinski definition) is 2. The molecule has 0 radical (unpaired) electrons. The van der Waals surface area contributed by atoms with E-state index in [0.29, 0.717) is 0 Å². The number of carboxylic acids is 1. The molecule has 0 amide bonds. The molecule has 0 spiro atoms. The van der Waals surface area contributed by atoms with E-state index < -0.39 is 12.0 Å². The highest BCUT2D eigenvalue weighted by atomic mass is 16.5. The van der Waals surface area contributed by atoms with Crippen molar-refractivity contribution < 1.29 is 9.90 Å². The van der Waals surface area contributed by atoms with Crippen LogP contribution in [0.1, 0.15) is 20.3 Å². The van der Waals surface area contributed by atoms with Crippen LogP contribution in [0.15, 0.2) is 0 Å². The van der Waals surface area contributed by atoms with Gasteiger partial charge in [-0.25, -0.2) is 0 Å². The minimum absolute atomic E-state index is 0.0718. The van der Waals surface area contributed by atoms with Crippen molar-refractivity contribution in [3.63, 3.8) is 0 Å². The van der Waals surface area contributed by atoms with Crippen LogP contribution in [0.2, 0.25) is 0 Å². The summed E-state index contributed by atoms with van der Waals surface area (Å²) in [7, 11) is 0. The number of nitrogens with two attached hydrogens (primary N) is 1. The monoisotopic (exact) mass is 132 g/mol. The third-order valence-electron chi connectivity index (χ3n) is 1.54. The molecule has 0 bridgehead atoms. The van der Waals surface area contributed by atoms with Crippen molar-refractivity contribution in [2.45, 2.75) is 26.3 Å². The Balaban J connectivity index is 3.72. The minimum Gasteiger partial charge on any atom is -0.480 e. The Morgan fingerprint density at radius 1 is 1.78 bits per heavy atom. The van der Waals surface area contributed by atoms with E-state index in [1.807, 2.05) is 13.8 Å². The average Bonchev–Trinajstić information content (AvgIpc) is 1.84. The van der Waals surface area contributed by atoms with Gasteiger partial charge in [-0.2, -0.15) is 0 Å². The Kier molecular flexibility index (Phi) is 3.24. The molecule has 0 fully saturated rings. The Morgan fingerprint density at radius 2 is 2.22 bits per heavy atom. The number of hydrogen-bond acceptors (Lipinski definition) is 2. The lowest BCUT2D eigenvalue weighted by Gasteiger charge is -2.11. The van der Waals surface area contributed by atoms with Crippen molar-refractivity contribution in [2.24, 2.45) is 11.7 Å². The highest BCUT2D eigenvalue weighted by Gasteiger charge is 2.17. The zero-order chi connectivity index (χ0) is 7.44. The van der Waals surface area contributed by atoms with Crippen LogP contribution < -0.4 is 5.73 Å². The van der Waals surface area contributed by atoms with E-state index in [9.17, 15) is 4.79 Å². The molecular weight excluding hydrogens is 119 g/mol. The zero-order valence-corrected chi connectivity index (χ0v) is 5.79. The summed E-state index contributed by atoms with van der Waals surface area (Å²) >= 11 is 0. The second-order valence-electron chi connectivity index (χ2n) is 2.25. The summed E-state index contributed by atoms with van der Waals surface area (Å²) in [6.45, 7) is 3.76. The zero-order valence-electron chi connectivity index (χ0n) is 5.79. The molecule has 3 N–H and O–H groups in total. The van der Waals surface area contributed by atoms with Gasteiger partial charge in [-0.05, 0) is 5.92 Å². The highest BCUT2D eigenvalue weighted by molar-refractivity contribution is 5.73. The average molecular weight is 132 g/mol. The second-order valence-corrected chi connectivity index (χ2v) is 2.25. The second kappa shape index (κ2) is 3.45. The van der Waals surface area contributed by atoms with Crippen LogP contribution in [0.3, 0.4) is 0 Å². The number of carbonyl (C=O) groups is 1. The quantitative estimate of drug-likeness (QED) is 0.548. The van der Waals surface area contributed by atoms with E-state index in [1.54, 1.807) is 0 Å². The molecule has 3 nitrogen and oxygen atoms in total. The molecular formula is C6H13NO2. The van der Waals surface area contributed by atoms with Gasteiger partial charge in [-0.3, -0.25) is 4.79 Å². The van der Waals surface area contributed by atoms with Crippen molar-refractivity contribution in [1.82, 2.24) is 0 Å². The Morgan fingerprint density at radius 3 is 2.33 bits per heavy atom. The Bertz CT molecular complexity index is 103. The first-order valence-electron chi connectivity index (χ1n) is 3.08. The summed E-state index contributed by atoms with van der Waals surface area (Å²) in [6.07, 6.45) is 0.813. The standard InChI is InChI=1S/C6H13NO2/c1-3-4(2)5(7)6(8)9/h4-5H,3,7H2,1-2H3,(H,8,9)/i6+1. The summed E-state index contributed by atoms with van der Waals surface area (Å²) in [5.74, 6) is -0.841. The molecule has 0 aliphatic rings. The van der Waals surface area contributed by atoms with Gasteiger partial charge in [-0.15, -0.1) is 0 Å². The molecule has 0 aliphatic carbocycles. The molecule has 3 heteroatoms. The van der Waals surface area contributed by atoms with Gasteiger partial charge in [0.1, 0.15) is 6.04 Å². The van der Waals surface area contributed by atoms with Crippen LogP contribution in [0.25, 0.3) is 0 Å². The summed E-state index contributed by atoms with van der Waals surface area (Å²) in [4.78, 5) is 10.2. The van der Waals surface area contributed by atoms with E-state index in [-0.39, 0.29) is 5.92 Å². The Labute approximate surface area is 54.9 Å². The number of carboxylic acid groups (broad SMARTS) is 1. The summed E-state index contributed by atoms with van der Waals surface area (Å²) in [5.41, 5.74) is 5.27. The predicted octanol–water partition coefficient (Wildman–Crippen LogP) is 0.444. The van der Waals surface area contributed by atoms with Gasteiger partial charge in [0.05, 0.1) is 0 Å². The van der Waals surface area contributed by atoms with Gasteiger partial charge in [0.25, 0.3) is 0 Å². The molecule has 0 saturated carbocycles. The largest absolute Gasteiger partial charge is 0.480 e. The third-order valence-corrected chi connectivity index (χ3v) is 1.54. The van der Waals surface area contributed by atoms with Gasteiger partial charge >= 0.3 is 5.97 Å². The molecule has 54 valence electrons. The molecule has 0 rings (SSSR count). The van der Waals surface area contributed by atoms with Crippen LogP contribution in [-0.4, -0.2) is 17.1 Å². The lowest BCUT2D eigenvalue weighted by Crippen LogP contribution is -2.36. The van der Waals surface area contributed by atoms with Crippen LogP contribution in [-0.2, 0) is 4.79 Å². The molecule has 0 aliphatic heterocycles. The normalized spacial score (nSPS) is 16.8. The molecule has 0 aromatic rings. The lowest BCUT2D eigenvalue weighted by molar-refractivity contribution is -0.139. The molecule has 0 aromatic heterocycles. The third kappa shape index (κ3) is 2.46. The Hall–Kier alpha value is -0.570. The minimum atomic E-state index is -0.913. The van der Waals surface area contributed by atoms with Crippen LogP contribution in [0, 0.1) is 5.92 Å². The van der Waals surface area contributed by atoms with Crippen molar-refractivity contribution >= 4 is 5.97 Å². The topological polar surface area (TPSA) is 63.3 Å². The van der Waals surface area contributed by atoms with Crippen molar-refractivity contribution in [1.29, 1.82) is 0 Å². The smallest absolute Gasteiger partial charge is 0.320 e. The molecule has 0 saturated heterocycles. The fraction of sp³-hybridized carbons (Fsp3) is 0.833. The van der Waals surface area contributed by atoms with Crippen molar-refractivity contribution in [3.05, 3.63) is 0 Å². The fourth-order valence-electron chi connectivity index (χ4n) is 0.497.